The van der Waals surface area contributed by atoms with Crippen LogP contribution in [0.25, 0.3) is 112 Å². The first kappa shape index (κ1) is 41.0. The van der Waals surface area contributed by atoms with Gasteiger partial charge >= 0.3 is 11.4 Å². The number of H-pyrrole nitrogens is 6. The van der Waals surface area contributed by atoms with E-state index >= 15 is 0 Å². The second-order valence-electron chi connectivity index (χ2n) is 17.5. The van der Waals surface area contributed by atoms with Crippen molar-refractivity contribution in [2.45, 2.75) is 34.6 Å². The molecule has 0 aliphatic carbocycles. The largest absolute Gasteiger partial charge is 0.354 e. The Kier molecular flexibility index (Phi) is 10.00. The Morgan fingerprint density at radius 1 is 0.343 bits per heavy atom. The van der Waals surface area contributed by atoms with Gasteiger partial charge in [-0.05, 0) is 146 Å². The summed E-state index contributed by atoms with van der Waals surface area (Å²) in [4.78, 5) is 58.3. The maximum atomic E-state index is 13.8. The minimum absolute atomic E-state index is 0.420. The number of benzene rings is 5. The molecule has 6 heterocycles. The van der Waals surface area contributed by atoms with Crippen molar-refractivity contribution in [1.29, 1.82) is 0 Å². The van der Waals surface area contributed by atoms with E-state index in [1.807, 2.05) is 69.3 Å². The van der Waals surface area contributed by atoms with E-state index in [9.17, 15) is 9.59 Å². The summed E-state index contributed by atoms with van der Waals surface area (Å²) in [6.45, 7) is 10.0. The third kappa shape index (κ3) is 7.74. The van der Waals surface area contributed by atoms with E-state index in [0.717, 1.165) is 116 Å². The van der Waals surface area contributed by atoms with Gasteiger partial charge in [0, 0.05) is 66.0 Å². The zero-order valence-corrected chi connectivity index (χ0v) is 37.6. The number of hydrogen-bond acceptors (Lipinski definition) is 4. The molecule has 0 saturated carbocycles. The van der Waals surface area contributed by atoms with Crippen LogP contribution in [0.3, 0.4) is 0 Å². The van der Waals surface area contributed by atoms with Crippen LogP contribution in [0.5, 0.6) is 0 Å². The Morgan fingerprint density at radius 3 is 1.21 bits per heavy atom. The Balaban J connectivity index is 1.40. The summed E-state index contributed by atoms with van der Waals surface area (Å²) >= 11 is 0. The third-order valence-corrected chi connectivity index (χ3v) is 12.7. The van der Waals surface area contributed by atoms with Crippen LogP contribution in [0.2, 0.25) is 0 Å². The highest BCUT2D eigenvalue weighted by atomic mass is 16.1. The number of fused-ring (bicyclic) bond motifs is 16. The van der Waals surface area contributed by atoms with Gasteiger partial charge in [-0.25, -0.2) is 19.6 Å². The van der Waals surface area contributed by atoms with Gasteiger partial charge in [-0.1, -0.05) is 90.0 Å². The summed E-state index contributed by atoms with van der Waals surface area (Å²) in [5, 5.41) is 3.39. The molecule has 10 nitrogen and oxygen atoms in total. The second-order valence-corrected chi connectivity index (χ2v) is 17.5. The van der Waals surface area contributed by atoms with Crippen LogP contribution in [0.15, 0.2) is 137 Å². The zero-order chi connectivity index (χ0) is 45.9. The SMILES string of the molecule is Cc1ccc(-c2c3nc(c(-c4ccc(C)cc4)c4ccc([nH]4)c4c5nc(c(c6ccc(C)c(c6)[nH]c(=O)[nH]c6ccc(C)c(c6)[nH]c(=O)[nH]c6cc4ccc6C)c4ccc2[nH]4)C=C5)C=C3)cc1. The zero-order valence-electron chi connectivity index (χ0n) is 37.6. The van der Waals surface area contributed by atoms with Gasteiger partial charge in [-0.15, -0.1) is 0 Å². The molecule has 67 heavy (non-hydrogen) atoms. The summed E-state index contributed by atoms with van der Waals surface area (Å²) in [6, 6.07) is 43.1. The fraction of sp³-hybridized carbons (Fsp3) is 0.0877. The van der Waals surface area contributed by atoms with Gasteiger partial charge in [0.25, 0.3) is 0 Å². The average molecular weight is 875 g/mol. The first-order valence-electron chi connectivity index (χ1n) is 22.3. The Labute approximate surface area is 384 Å². The van der Waals surface area contributed by atoms with Gasteiger partial charge in [0.2, 0.25) is 0 Å². The van der Waals surface area contributed by atoms with E-state index in [2.05, 4.69) is 141 Å². The van der Waals surface area contributed by atoms with E-state index < -0.39 is 11.4 Å². The van der Waals surface area contributed by atoms with Crippen molar-refractivity contribution >= 4 is 90.0 Å². The molecule has 0 spiro atoms. The van der Waals surface area contributed by atoms with Crippen LogP contribution in [0.4, 0.5) is 0 Å². The molecule has 9 aromatic rings. The molecule has 6 N–H and O–H groups in total. The Bertz CT molecular complexity index is 4080. The third-order valence-electron chi connectivity index (χ3n) is 12.7. The predicted molar refractivity (Wildman–Crippen MR) is 277 cm³/mol. The molecule has 4 aromatic heterocycles. The first-order chi connectivity index (χ1) is 32.5. The van der Waals surface area contributed by atoms with Gasteiger partial charge in [0.15, 0.2) is 0 Å². The lowest BCUT2D eigenvalue weighted by Gasteiger charge is -2.06. The monoisotopic (exact) mass is 874 g/mol. The quantitative estimate of drug-likeness (QED) is 0.102. The van der Waals surface area contributed by atoms with Crippen LogP contribution in [-0.4, -0.2) is 39.9 Å². The fourth-order valence-corrected chi connectivity index (χ4v) is 9.08. The molecule has 0 atom stereocenters. The second kappa shape index (κ2) is 16.3. The highest BCUT2D eigenvalue weighted by molar-refractivity contribution is 6.08. The number of nitrogens with zero attached hydrogens (tertiary/aromatic N) is 2. The van der Waals surface area contributed by atoms with Crippen LogP contribution in [0.1, 0.15) is 50.6 Å². The molecular formula is C57H46N8O2. The highest BCUT2D eigenvalue weighted by Gasteiger charge is 2.17. The van der Waals surface area contributed by atoms with E-state index in [0.29, 0.717) is 22.1 Å². The lowest BCUT2D eigenvalue weighted by Crippen LogP contribution is -2.08. The van der Waals surface area contributed by atoms with Crippen molar-refractivity contribution in [1.82, 2.24) is 39.9 Å². The Morgan fingerprint density at radius 2 is 0.731 bits per heavy atom. The van der Waals surface area contributed by atoms with Crippen molar-refractivity contribution in [3.63, 3.8) is 0 Å². The number of aryl methyl sites for hydroxylation is 5. The average Bonchev–Trinajstić information content (AvgIpc) is 4.16. The van der Waals surface area contributed by atoms with E-state index in [1.165, 1.54) is 0 Å². The topological polar surface area (TPSA) is 155 Å². The first-order valence-corrected chi connectivity index (χ1v) is 22.3. The lowest BCUT2D eigenvalue weighted by molar-refractivity contribution is 1.14. The van der Waals surface area contributed by atoms with Crippen molar-refractivity contribution in [2.75, 3.05) is 0 Å². The van der Waals surface area contributed by atoms with Crippen LogP contribution >= 0.6 is 0 Å². The van der Waals surface area contributed by atoms with Gasteiger partial charge in [0.1, 0.15) is 0 Å². The molecule has 5 aromatic carbocycles. The number of aromatic amines is 6. The molecule has 0 radical (unpaired) electrons. The van der Waals surface area contributed by atoms with Crippen LogP contribution in [0, 0.1) is 34.6 Å². The number of hydrogen-bond donors (Lipinski definition) is 6. The highest BCUT2D eigenvalue weighted by Crippen LogP contribution is 2.37. The minimum atomic E-state index is -0.425. The number of rotatable bonds is 2. The van der Waals surface area contributed by atoms with Crippen LogP contribution in [-0.2, 0) is 0 Å². The fourth-order valence-electron chi connectivity index (χ4n) is 9.08. The normalized spacial score (nSPS) is 12.0. The van der Waals surface area contributed by atoms with E-state index in [-0.39, 0.29) is 0 Å². The minimum Gasteiger partial charge on any atom is -0.354 e. The maximum Gasteiger partial charge on any atom is 0.323 e. The molecule has 0 unspecified atom stereocenters. The predicted octanol–water partition coefficient (Wildman–Crippen LogP) is 13.0. The van der Waals surface area contributed by atoms with Crippen molar-refractivity contribution in [3.05, 3.63) is 199 Å². The van der Waals surface area contributed by atoms with E-state index in [1.54, 1.807) is 6.07 Å². The molecule has 2 aliphatic heterocycles. The molecule has 16 bridgehead atoms. The summed E-state index contributed by atoms with van der Waals surface area (Å²) in [6.07, 6.45) is 8.29. The molecule has 0 saturated heterocycles. The standard InChI is InChI=1S/C57H46N8O2/c1-31-6-13-36(14-7-31)52-41-20-21-42(59-41)53(37-15-8-32(2)9-16-37)44-23-25-46(61-44)55-39-18-11-34(4)50(29-39)64-57(67)65-51-30-40(19-12-35(51)5)58-56(66)63-49-28-38(17-10-33(49)3)54(45-24-22-43(52)60-45)47-26-27-48(55)62-47/h6-30,60-61H,1-5H3,(H2,58,63,66)(H2,64,65,67). The molecule has 10 heteroatoms. The molecule has 11 rings (SSSR count). The Hall–Kier alpha value is -8.76. The molecule has 0 amide bonds. The molecule has 0 fully saturated rings. The summed E-state index contributed by atoms with van der Waals surface area (Å²) in [5.74, 6) is 0. The number of nitrogens with one attached hydrogen (secondary N) is 6. The van der Waals surface area contributed by atoms with Gasteiger partial charge in [-0.2, -0.15) is 0 Å². The summed E-state index contributed by atoms with van der Waals surface area (Å²) in [5.41, 5.74) is 16.9. The summed E-state index contributed by atoms with van der Waals surface area (Å²) < 4.78 is 0. The van der Waals surface area contributed by atoms with Crippen molar-refractivity contribution < 1.29 is 0 Å². The number of aromatic nitrogens is 8. The molecule has 326 valence electrons. The van der Waals surface area contributed by atoms with E-state index in [4.69, 9.17) is 9.97 Å². The lowest BCUT2D eigenvalue weighted by atomic mass is 10.0. The maximum absolute atomic E-state index is 13.8. The van der Waals surface area contributed by atoms with Crippen molar-refractivity contribution in [2.24, 2.45) is 0 Å². The van der Waals surface area contributed by atoms with Gasteiger partial charge in [0.05, 0.1) is 22.8 Å². The van der Waals surface area contributed by atoms with Gasteiger partial charge in [-0.3, -0.25) is 0 Å². The summed E-state index contributed by atoms with van der Waals surface area (Å²) in [7, 11) is 0. The molecule has 2 aliphatic rings. The smallest absolute Gasteiger partial charge is 0.323 e. The molecular weight excluding hydrogens is 829 g/mol. The van der Waals surface area contributed by atoms with Crippen molar-refractivity contribution in [3.8, 4) is 22.3 Å². The van der Waals surface area contributed by atoms with Gasteiger partial charge < -0.3 is 29.9 Å². The van der Waals surface area contributed by atoms with Crippen LogP contribution < -0.4 is 11.4 Å².